The number of fused-ring (bicyclic) bond motifs is 1. The lowest BCUT2D eigenvalue weighted by Crippen LogP contribution is -2.38. The SMILES string of the molecule is O=S(=O)(c1ccc(CCl)cn1)N1CCn2ccnc2C1. The molecule has 0 fully saturated rings. The average molecular weight is 313 g/mol. The molecule has 20 heavy (non-hydrogen) atoms. The van der Waals surface area contributed by atoms with E-state index < -0.39 is 10.0 Å². The molecule has 2 aromatic rings. The first-order valence-electron chi connectivity index (χ1n) is 6.12. The Bertz CT molecular complexity index is 711. The van der Waals surface area contributed by atoms with Crippen LogP contribution in [0.1, 0.15) is 11.4 Å². The van der Waals surface area contributed by atoms with Gasteiger partial charge >= 0.3 is 0 Å². The summed E-state index contributed by atoms with van der Waals surface area (Å²) >= 11 is 5.68. The molecule has 0 radical (unpaired) electrons. The highest BCUT2D eigenvalue weighted by molar-refractivity contribution is 7.89. The van der Waals surface area contributed by atoms with Crippen molar-refractivity contribution >= 4 is 21.6 Å². The highest BCUT2D eigenvalue weighted by Crippen LogP contribution is 2.19. The van der Waals surface area contributed by atoms with Crippen molar-refractivity contribution in [3.05, 3.63) is 42.1 Å². The Morgan fingerprint density at radius 3 is 2.80 bits per heavy atom. The van der Waals surface area contributed by atoms with E-state index in [4.69, 9.17) is 11.6 Å². The molecule has 8 heteroatoms. The number of hydrogen-bond donors (Lipinski definition) is 0. The van der Waals surface area contributed by atoms with E-state index in [1.165, 1.54) is 16.6 Å². The predicted octanol–water partition coefficient (Wildman–Crippen LogP) is 1.22. The lowest BCUT2D eigenvalue weighted by Gasteiger charge is -2.26. The third-order valence-corrected chi connectivity index (χ3v) is 5.34. The smallest absolute Gasteiger partial charge is 0.260 e. The quantitative estimate of drug-likeness (QED) is 0.799. The van der Waals surface area contributed by atoms with Crippen molar-refractivity contribution in [3.63, 3.8) is 0 Å². The molecule has 0 saturated heterocycles. The van der Waals surface area contributed by atoms with Crippen LogP contribution in [0.5, 0.6) is 0 Å². The van der Waals surface area contributed by atoms with E-state index in [9.17, 15) is 8.42 Å². The van der Waals surface area contributed by atoms with Crippen LogP contribution in [0.4, 0.5) is 0 Å². The molecule has 3 heterocycles. The van der Waals surface area contributed by atoms with Gasteiger partial charge in [-0.1, -0.05) is 6.07 Å². The largest absolute Gasteiger partial charge is 0.333 e. The minimum atomic E-state index is -3.58. The third-order valence-electron chi connectivity index (χ3n) is 3.27. The van der Waals surface area contributed by atoms with Gasteiger partial charge in [0.25, 0.3) is 10.0 Å². The molecular weight excluding hydrogens is 300 g/mol. The van der Waals surface area contributed by atoms with Crippen molar-refractivity contribution in [2.24, 2.45) is 0 Å². The standard InChI is InChI=1S/C12H13ClN4O2S/c13-7-10-1-2-12(15-8-10)20(18,19)17-6-5-16-4-3-14-11(16)9-17/h1-4,8H,5-7,9H2. The van der Waals surface area contributed by atoms with Crippen molar-refractivity contribution in [1.82, 2.24) is 18.8 Å². The summed E-state index contributed by atoms with van der Waals surface area (Å²) in [6.07, 6.45) is 5.02. The normalized spacial score (nSPS) is 16.1. The maximum Gasteiger partial charge on any atom is 0.260 e. The van der Waals surface area contributed by atoms with Crippen molar-refractivity contribution in [1.29, 1.82) is 0 Å². The van der Waals surface area contributed by atoms with Crippen LogP contribution in [-0.2, 0) is 29.0 Å². The van der Waals surface area contributed by atoms with Gasteiger partial charge in [0.15, 0.2) is 5.03 Å². The van der Waals surface area contributed by atoms with Gasteiger partial charge in [-0.05, 0) is 11.6 Å². The maximum atomic E-state index is 12.5. The Morgan fingerprint density at radius 2 is 2.10 bits per heavy atom. The number of alkyl halides is 1. The van der Waals surface area contributed by atoms with E-state index in [0.29, 0.717) is 19.0 Å². The van der Waals surface area contributed by atoms with Crippen LogP contribution < -0.4 is 0 Å². The van der Waals surface area contributed by atoms with Gasteiger partial charge in [0.2, 0.25) is 0 Å². The first-order valence-corrected chi connectivity index (χ1v) is 8.10. The average Bonchev–Trinajstić information content (AvgIpc) is 2.94. The summed E-state index contributed by atoms with van der Waals surface area (Å²) in [5.74, 6) is 1.06. The number of nitrogens with zero attached hydrogens (tertiary/aromatic N) is 4. The minimum Gasteiger partial charge on any atom is -0.333 e. The molecule has 6 nitrogen and oxygen atoms in total. The number of rotatable bonds is 3. The fourth-order valence-corrected chi connectivity index (χ4v) is 3.59. The lowest BCUT2D eigenvalue weighted by atomic mass is 10.3. The fraction of sp³-hybridized carbons (Fsp3) is 0.333. The van der Waals surface area contributed by atoms with E-state index in [2.05, 4.69) is 9.97 Å². The molecule has 0 aliphatic carbocycles. The number of hydrogen-bond acceptors (Lipinski definition) is 4. The molecule has 2 aromatic heterocycles. The van der Waals surface area contributed by atoms with E-state index >= 15 is 0 Å². The maximum absolute atomic E-state index is 12.5. The van der Waals surface area contributed by atoms with Crippen LogP contribution in [0, 0.1) is 0 Å². The van der Waals surface area contributed by atoms with Gasteiger partial charge in [-0.25, -0.2) is 18.4 Å². The Labute approximate surface area is 122 Å². The molecule has 3 rings (SSSR count). The molecule has 1 aliphatic rings. The highest BCUT2D eigenvalue weighted by Gasteiger charge is 2.29. The zero-order valence-electron chi connectivity index (χ0n) is 10.6. The molecule has 0 unspecified atom stereocenters. The molecule has 0 bridgehead atoms. The molecule has 0 amide bonds. The number of imidazole rings is 1. The second kappa shape index (κ2) is 5.16. The van der Waals surface area contributed by atoms with E-state index in [-0.39, 0.29) is 11.6 Å². The Morgan fingerprint density at radius 1 is 1.25 bits per heavy atom. The van der Waals surface area contributed by atoms with Crippen molar-refractivity contribution < 1.29 is 8.42 Å². The molecule has 106 valence electrons. The Kier molecular flexibility index (Phi) is 3.49. The first-order chi connectivity index (χ1) is 9.61. The van der Waals surface area contributed by atoms with Crippen LogP contribution in [0.3, 0.4) is 0 Å². The summed E-state index contributed by atoms with van der Waals surface area (Å²) in [4.78, 5) is 8.16. The summed E-state index contributed by atoms with van der Waals surface area (Å²) in [7, 11) is -3.58. The van der Waals surface area contributed by atoms with Gasteiger partial charge in [0, 0.05) is 37.6 Å². The zero-order chi connectivity index (χ0) is 14.2. The second-order valence-electron chi connectivity index (χ2n) is 4.51. The van der Waals surface area contributed by atoms with Crippen LogP contribution in [0.15, 0.2) is 35.7 Å². The summed E-state index contributed by atoms with van der Waals surface area (Å²) in [5.41, 5.74) is 0.791. The van der Waals surface area contributed by atoms with E-state index in [0.717, 1.165) is 11.4 Å². The molecule has 0 atom stereocenters. The minimum absolute atomic E-state index is 0.0476. The summed E-state index contributed by atoms with van der Waals surface area (Å²) in [6.45, 7) is 1.30. The van der Waals surface area contributed by atoms with E-state index in [1.54, 1.807) is 12.3 Å². The zero-order valence-corrected chi connectivity index (χ0v) is 12.2. The number of halogens is 1. The fourth-order valence-electron chi connectivity index (χ4n) is 2.13. The topological polar surface area (TPSA) is 68.1 Å². The second-order valence-corrected chi connectivity index (χ2v) is 6.67. The molecule has 0 spiro atoms. The van der Waals surface area contributed by atoms with Crippen molar-refractivity contribution in [2.75, 3.05) is 6.54 Å². The third kappa shape index (κ3) is 2.32. The number of sulfonamides is 1. The summed E-state index contributed by atoms with van der Waals surface area (Å²) in [5, 5.41) is 0.0476. The van der Waals surface area contributed by atoms with E-state index in [1.807, 2.05) is 10.8 Å². The summed E-state index contributed by atoms with van der Waals surface area (Å²) in [6, 6.07) is 3.17. The van der Waals surface area contributed by atoms with Gasteiger partial charge in [0.05, 0.1) is 6.54 Å². The van der Waals surface area contributed by atoms with Crippen LogP contribution in [0.25, 0.3) is 0 Å². The lowest BCUT2D eigenvalue weighted by molar-refractivity contribution is 0.334. The van der Waals surface area contributed by atoms with Crippen molar-refractivity contribution in [3.8, 4) is 0 Å². The predicted molar refractivity (Wildman–Crippen MR) is 73.6 cm³/mol. The molecule has 0 aromatic carbocycles. The van der Waals surface area contributed by atoms with Gasteiger partial charge in [0.1, 0.15) is 5.82 Å². The Hall–Kier alpha value is -1.44. The Balaban J connectivity index is 1.88. The number of pyridine rings is 1. The van der Waals surface area contributed by atoms with Gasteiger partial charge in [-0.3, -0.25) is 0 Å². The molecular formula is C12H13ClN4O2S. The monoisotopic (exact) mass is 312 g/mol. The molecule has 1 aliphatic heterocycles. The first kappa shape index (κ1) is 13.5. The van der Waals surface area contributed by atoms with Gasteiger partial charge in [-0.15, -0.1) is 11.6 Å². The van der Waals surface area contributed by atoms with Crippen LogP contribution in [0.2, 0.25) is 0 Å². The molecule has 0 N–H and O–H groups in total. The van der Waals surface area contributed by atoms with Gasteiger partial charge in [-0.2, -0.15) is 4.31 Å². The van der Waals surface area contributed by atoms with Crippen LogP contribution in [-0.4, -0.2) is 33.8 Å². The number of aromatic nitrogens is 3. The van der Waals surface area contributed by atoms with Crippen molar-refractivity contribution in [2.45, 2.75) is 24.0 Å². The molecule has 0 saturated carbocycles. The van der Waals surface area contributed by atoms with Crippen LogP contribution >= 0.6 is 11.6 Å². The van der Waals surface area contributed by atoms with Gasteiger partial charge < -0.3 is 4.57 Å². The highest BCUT2D eigenvalue weighted by atomic mass is 35.5. The summed E-state index contributed by atoms with van der Waals surface area (Å²) < 4.78 is 28.4.